The van der Waals surface area contributed by atoms with Crippen LogP contribution in [0.5, 0.6) is 17.2 Å². The second-order valence-corrected chi connectivity index (χ2v) is 6.03. The average molecular weight is 343 g/mol. The Hall–Kier alpha value is -2.69. The second kappa shape index (κ2) is 7.92. The molecule has 2 aromatic rings. The van der Waals surface area contributed by atoms with E-state index >= 15 is 0 Å². The van der Waals surface area contributed by atoms with E-state index in [9.17, 15) is 4.79 Å². The van der Waals surface area contributed by atoms with Crippen LogP contribution in [0, 0.1) is 20.8 Å². The Balaban J connectivity index is 2.24. The summed E-state index contributed by atoms with van der Waals surface area (Å²) in [6.45, 7) is 6.03. The molecule has 0 aliphatic heterocycles. The summed E-state index contributed by atoms with van der Waals surface area (Å²) < 4.78 is 16.0. The number of ether oxygens (including phenoxy) is 3. The van der Waals surface area contributed by atoms with Crippen molar-refractivity contribution < 1.29 is 19.0 Å². The van der Waals surface area contributed by atoms with Gasteiger partial charge in [0.15, 0.2) is 11.5 Å². The molecule has 2 aromatic carbocycles. The zero-order valence-electron chi connectivity index (χ0n) is 15.6. The largest absolute Gasteiger partial charge is 0.493 e. The van der Waals surface area contributed by atoms with Crippen molar-refractivity contribution in [3.63, 3.8) is 0 Å². The number of methoxy groups -OCH3 is 3. The van der Waals surface area contributed by atoms with Gasteiger partial charge in [0, 0.05) is 5.69 Å². The number of anilines is 1. The molecule has 0 saturated heterocycles. The van der Waals surface area contributed by atoms with Gasteiger partial charge in [-0.3, -0.25) is 4.79 Å². The van der Waals surface area contributed by atoms with Gasteiger partial charge in [-0.15, -0.1) is 0 Å². The van der Waals surface area contributed by atoms with E-state index in [0.717, 1.165) is 22.4 Å². The topological polar surface area (TPSA) is 56.8 Å². The standard InChI is InChI=1S/C20H25NO4/c1-12-7-13(2)19(14(3)8-12)21-18(22)11-15-9-16(23-4)20(25-6)17(10-15)24-5/h7-10H,11H2,1-6H3,(H,21,22). The van der Waals surface area contributed by atoms with Gasteiger partial charge in [0.2, 0.25) is 11.7 Å². The molecular weight excluding hydrogens is 318 g/mol. The van der Waals surface area contributed by atoms with Crippen LogP contribution in [0.1, 0.15) is 22.3 Å². The van der Waals surface area contributed by atoms with E-state index in [-0.39, 0.29) is 12.3 Å². The van der Waals surface area contributed by atoms with Crippen LogP contribution in [0.15, 0.2) is 24.3 Å². The van der Waals surface area contributed by atoms with Crippen LogP contribution in [0.25, 0.3) is 0 Å². The van der Waals surface area contributed by atoms with Gasteiger partial charge in [-0.05, 0) is 49.6 Å². The number of nitrogens with one attached hydrogen (secondary N) is 1. The fraction of sp³-hybridized carbons (Fsp3) is 0.350. The van der Waals surface area contributed by atoms with E-state index in [4.69, 9.17) is 14.2 Å². The van der Waals surface area contributed by atoms with Gasteiger partial charge in [0.1, 0.15) is 0 Å². The highest BCUT2D eigenvalue weighted by Gasteiger charge is 2.15. The fourth-order valence-corrected chi connectivity index (χ4v) is 2.98. The monoisotopic (exact) mass is 343 g/mol. The molecule has 0 saturated carbocycles. The minimum atomic E-state index is -0.0932. The van der Waals surface area contributed by atoms with Crippen molar-refractivity contribution in [3.8, 4) is 17.2 Å². The summed E-state index contributed by atoms with van der Waals surface area (Å²) in [5.41, 5.74) is 4.93. The minimum Gasteiger partial charge on any atom is -0.493 e. The van der Waals surface area contributed by atoms with E-state index in [1.807, 2.05) is 20.8 Å². The summed E-state index contributed by atoms with van der Waals surface area (Å²) in [5, 5.41) is 3.01. The van der Waals surface area contributed by atoms with Gasteiger partial charge in [-0.2, -0.15) is 0 Å². The first-order valence-corrected chi connectivity index (χ1v) is 8.06. The van der Waals surface area contributed by atoms with E-state index in [2.05, 4.69) is 17.4 Å². The maximum Gasteiger partial charge on any atom is 0.228 e. The summed E-state index contributed by atoms with van der Waals surface area (Å²) in [6, 6.07) is 7.69. The van der Waals surface area contributed by atoms with Gasteiger partial charge >= 0.3 is 0 Å². The Morgan fingerprint density at radius 2 is 1.40 bits per heavy atom. The fourth-order valence-electron chi connectivity index (χ4n) is 2.98. The quantitative estimate of drug-likeness (QED) is 0.866. The lowest BCUT2D eigenvalue weighted by Crippen LogP contribution is -2.16. The van der Waals surface area contributed by atoms with Crippen molar-refractivity contribution in [1.82, 2.24) is 0 Å². The predicted octanol–water partition coefficient (Wildman–Crippen LogP) is 3.82. The minimum absolute atomic E-state index is 0.0932. The van der Waals surface area contributed by atoms with Gasteiger partial charge in [-0.25, -0.2) is 0 Å². The molecule has 0 radical (unpaired) electrons. The molecule has 0 aliphatic carbocycles. The van der Waals surface area contributed by atoms with E-state index in [1.165, 1.54) is 5.56 Å². The third kappa shape index (κ3) is 4.24. The lowest BCUT2D eigenvalue weighted by molar-refractivity contribution is -0.115. The Morgan fingerprint density at radius 3 is 1.84 bits per heavy atom. The van der Waals surface area contributed by atoms with Gasteiger partial charge in [0.05, 0.1) is 27.8 Å². The molecule has 0 bridgehead atoms. The van der Waals surface area contributed by atoms with Gasteiger partial charge < -0.3 is 19.5 Å². The highest BCUT2D eigenvalue weighted by atomic mass is 16.5. The van der Waals surface area contributed by atoms with Crippen molar-refractivity contribution in [1.29, 1.82) is 0 Å². The SMILES string of the molecule is COc1cc(CC(=O)Nc2c(C)cc(C)cc2C)cc(OC)c1OC. The zero-order chi connectivity index (χ0) is 18.6. The molecule has 1 N–H and O–H groups in total. The first-order chi connectivity index (χ1) is 11.9. The van der Waals surface area contributed by atoms with Gasteiger partial charge in [0.25, 0.3) is 0 Å². The molecule has 0 aliphatic rings. The maximum atomic E-state index is 12.5. The Kier molecular flexibility index (Phi) is 5.91. The summed E-state index contributed by atoms with van der Waals surface area (Å²) in [6.07, 6.45) is 0.212. The highest BCUT2D eigenvalue weighted by Crippen LogP contribution is 2.38. The first kappa shape index (κ1) is 18.6. The zero-order valence-corrected chi connectivity index (χ0v) is 15.6. The third-order valence-corrected chi connectivity index (χ3v) is 4.03. The van der Waals surface area contributed by atoms with Crippen molar-refractivity contribution in [2.75, 3.05) is 26.6 Å². The van der Waals surface area contributed by atoms with Crippen molar-refractivity contribution in [3.05, 3.63) is 46.5 Å². The molecule has 25 heavy (non-hydrogen) atoms. The number of amides is 1. The lowest BCUT2D eigenvalue weighted by Gasteiger charge is -2.15. The van der Waals surface area contributed by atoms with Crippen LogP contribution in [0.4, 0.5) is 5.69 Å². The highest BCUT2D eigenvalue weighted by molar-refractivity contribution is 5.94. The number of carbonyl (C=O) groups is 1. The lowest BCUT2D eigenvalue weighted by atomic mass is 10.0. The number of rotatable bonds is 6. The van der Waals surface area contributed by atoms with Crippen LogP contribution in [0.2, 0.25) is 0 Å². The molecule has 0 fully saturated rings. The smallest absolute Gasteiger partial charge is 0.228 e. The summed E-state index contributed by atoms with van der Waals surface area (Å²) in [7, 11) is 4.66. The molecule has 5 heteroatoms. The molecule has 0 heterocycles. The predicted molar refractivity (Wildman–Crippen MR) is 99.1 cm³/mol. The van der Waals surface area contributed by atoms with E-state index < -0.39 is 0 Å². The van der Waals surface area contributed by atoms with Crippen LogP contribution >= 0.6 is 0 Å². The number of aryl methyl sites for hydroxylation is 3. The number of hydrogen-bond acceptors (Lipinski definition) is 4. The molecule has 0 spiro atoms. The molecule has 0 aromatic heterocycles. The Labute approximate surface area is 148 Å². The normalized spacial score (nSPS) is 10.3. The Bertz CT molecular complexity index is 735. The van der Waals surface area contributed by atoms with E-state index in [1.54, 1.807) is 33.5 Å². The number of carbonyl (C=O) groups excluding carboxylic acids is 1. The molecule has 5 nitrogen and oxygen atoms in total. The van der Waals surface area contributed by atoms with Crippen molar-refractivity contribution in [2.45, 2.75) is 27.2 Å². The van der Waals surface area contributed by atoms with Crippen molar-refractivity contribution >= 4 is 11.6 Å². The van der Waals surface area contributed by atoms with E-state index in [0.29, 0.717) is 17.2 Å². The van der Waals surface area contributed by atoms with Crippen LogP contribution < -0.4 is 19.5 Å². The van der Waals surface area contributed by atoms with Crippen LogP contribution in [-0.2, 0) is 11.2 Å². The Morgan fingerprint density at radius 1 is 0.880 bits per heavy atom. The third-order valence-electron chi connectivity index (χ3n) is 4.03. The van der Waals surface area contributed by atoms with Crippen molar-refractivity contribution in [2.24, 2.45) is 0 Å². The molecule has 0 unspecified atom stereocenters. The molecule has 1 amide bonds. The maximum absolute atomic E-state index is 12.5. The molecular formula is C20H25NO4. The van der Waals surface area contributed by atoms with Crippen LogP contribution in [0.3, 0.4) is 0 Å². The summed E-state index contributed by atoms with van der Waals surface area (Å²) in [5.74, 6) is 1.49. The molecule has 2 rings (SSSR count). The summed E-state index contributed by atoms with van der Waals surface area (Å²) >= 11 is 0. The van der Waals surface area contributed by atoms with Gasteiger partial charge in [-0.1, -0.05) is 17.7 Å². The molecule has 0 atom stereocenters. The van der Waals surface area contributed by atoms with Crippen LogP contribution in [-0.4, -0.2) is 27.2 Å². The average Bonchev–Trinajstić information content (AvgIpc) is 2.57. The number of benzene rings is 2. The summed E-state index contributed by atoms with van der Waals surface area (Å²) in [4.78, 5) is 12.5. The second-order valence-electron chi connectivity index (χ2n) is 6.03. The molecule has 134 valence electrons. The first-order valence-electron chi connectivity index (χ1n) is 8.06. The number of hydrogen-bond donors (Lipinski definition) is 1.